The van der Waals surface area contributed by atoms with Crippen LogP contribution in [0.3, 0.4) is 0 Å². The molecule has 0 aromatic heterocycles. The first-order valence-corrected chi connectivity index (χ1v) is 6.23. The van der Waals surface area contributed by atoms with Gasteiger partial charge < -0.3 is 14.3 Å². The van der Waals surface area contributed by atoms with Crippen molar-refractivity contribution in [2.45, 2.75) is 45.3 Å². The number of hydrogen-bond acceptors (Lipinski definition) is 4. The molecule has 2 heterocycles. The molecule has 1 fully saturated rings. The number of unbranched alkanes of at least 4 members (excludes halogenated alkanes) is 1. The molecule has 3 atom stereocenters. The van der Waals surface area contributed by atoms with Gasteiger partial charge in [0.2, 0.25) is 0 Å². The maximum atomic E-state index is 5.60. The molecule has 2 aliphatic heterocycles. The van der Waals surface area contributed by atoms with Gasteiger partial charge in [-0.1, -0.05) is 18.5 Å². The zero-order chi connectivity index (χ0) is 11.4. The fraction of sp³-hybridized carbons (Fsp3) is 0.917. The molecular weight excluding hydrogens is 206 g/mol. The first-order valence-electron chi connectivity index (χ1n) is 6.23. The molecule has 0 aliphatic carbocycles. The molecule has 0 amide bonds. The van der Waals surface area contributed by atoms with Crippen molar-refractivity contribution in [2.24, 2.45) is 11.1 Å². The molecule has 0 unspecified atom stereocenters. The van der Waals surface area contributed by atoms with E-state index in [1.165, 1.54) is 6.42 Å². The largest absolute Gasteiger partial charge is 0.389 e. The van der Waals surface area contributed by atoms with E-state index in [9.17, 15) is 0 Å². The third-order valence-electron chi connectivity index (χ3n) is 3.21. The minimum absolute atomic E-state index is 0.109. The van der Waals surface area contributed by atoms with Crippen LogP contribution in [0.25, 0.3) is 0 Å². The molecule has 2 rings (SSSR count). The Balaban J connectivity index is 1.75. The Labute approximate surface area is 96.9 Å². The minimum atomic E-state index is 0.109. The van der Waals surface area contributed by atoms with Gasteiger partial charge in [-0.05, 0) is 19.8 Å². The second-order valence-corrected chi connectivity index (χ2v) is 4.62. The van der Waals surface area contributed by atoms with Crippen LogP contribution in [-0.2, 0) is 14.3 Å². The third-order valence-corrected chi connectivity index (χ3v) is 3.21. The van der Waals surface area contributed by atoms with Crippen LogP contribution in [0.4, 0.5) is 0 Å². The Morgan fingerprint density at radius 2 is 2.38 bits per heavy atom. The summed E-state index contributed by atoms with van der Waals surface area (Å²) < 4.78 is 11.1. The highest BCUT2D eigenvalue weighted by Gasteiger charge is 2.38. The van der Waals surface area contributed by atoms with Crippen molar-refractivity contribution in [3.8, 4) is 0 Å². The molecule has 0 aromatic rings. The van der Waals surface area contributed by atoms with Gasteiger partial charge in [0, 0.05) is 12.5 Å². The first-order chi connectivity index (χ1) is 7.81. The van der Waals surface area contributed by atoms with Gasteiger partial charge in [-0.25, -0.2) is 0 Å². The zero-order valence-corrected chi connectivity index (χ0v) is 10.1. The van der Waals surface area contributed by atoms with Gasteiger partial charge in [0.15, 0.2) is 6.10 Å². The second kappa shape index (κ2) is 5.64. The fourth-order valence-electron chi connectivity index (χ4n) is 2.16. The van der Waals surface area contributed by atoms with Crippen molar-refractivity contribution in [1.82, 2.24) is 0 Å². The molecule has 4 nitrogen and oxygen atoms in total. The smallest absolute Gasteiger partial charge is 0.159 e. The Bertz CT molecular complexity index is 255. The second-order valence-electron chi connectivity index (χ2n) is 4.62. The maximum Gasteiger partial charge on any atom is 0.159 e. The van der Waals surface area contributed by atoms with Crippen LogP contribution in [0.1, 0.15) is 33.1 Å². The number of ether oxygens (including phenoxy) is 2. The van der Waals surface area contributed by atoms with Crippen LogP contribution in [-0.4, -0.2) is 37.7 Å². The predicted octanol–water partition coefficient (Wildman–Crippen LogP) is 1.98. The number of nitrogens with zero attached hydrogens (tertiary/aromatic N) is 1. The standard InChI is InChI=1S/C12H21NO3/c1-3-4-5-14-8-12-10-6-9(2)15-7-11(10)13-16-12/h9-10,12H,3-8H2,1-2H3/t9-,10+,12+/m0/s1. The highest BCUT2D eigenvalue weighted by Crippen LogP contribution is 2.28. The van der Waals surface area contributed by atoms with E-state index in [2.05, 4.69) is 19.0 Å². The van der Waals surface area contributed by atoms with Crippen LogP contribution < -0.4 is 0 Å². The van der Waals surface area contributed by atoms with Gasteiger partial charge in [-0.2, -0.15) is 0 Å². The number of hydrogen-bond donors (Lipinski definition) is 0. The first kappa shape index (κ1) is 11.9. The highest BCUT2D eigenvalue weighted by molar-refractivity contribution is 5.89. The molecule has 2 aliphatic rings. The van der Waals surface area contributed by atoms with Crippen molar-refractivity contribution >= 4 is 5.71 Å². The molecule has 4 heteroatoms. The zero-order valence-electron chi connectivity index (χ0n) is 10.1. The monoisotopic (exact) mass is 227 g/mol. The summed E-state index contributed by atoms with van der Waals surface area (Å²) >= 11 is 0. The van der Waals surface area contributed by atoms with E-state index in [0.29, 0.717) is 25.2 Å². The summed E-state index contributed by atoms with van der Waals surface area (Å²) in [4.78, 5) is 5.41. The normalized spacial score (nSPS) is 33.1. The van der Waals surface area contributed by atoms with Crippen molar-refractivity contribution in [1.29, 1.82) is 0 Å². The summed E-state index contributed by atoms with van der Waals surface area (Å²) in [6.45, 7) is 6.37. The summed E-state index contributed by atoms with van der Waals surface area (Å²) in [5, 5.41) is 4.08. The van der Waals surface area contributed by atoms with E-state index in [1.54, 1.807) is 0 Å². The van der Waals surface area contributed by atoms with E-state index in [4.69, 9.17) is 14.3 Å². The lowest BCUT2D eigenvalue weighted by atomic mass is 9.90. The fourth-order valence-corrected chi connectivity index (χ4v) is 2.16. The topological polar surface area (TPSA) is 40.0 Å². The predicted molar refractivity (Wildman–Crippen MR) is 61.6 cm³/mol. The summed E-state index contributed by atoms with van der Waals surface area (Å²) in [5.74, 6) is 0.408. The lowest BCUT2D eigenvalue weighted by molar-refractivity contribution is -0.0278. The Morgan fingerprint density at radius 1 is 1.50 bits per heavy atom. The molecule has 0 bridgehead atoms. The van der Waals surface area contributed by atoms with Gasteiger partial charge in [-0.15, -0.1) is 0 Å². The highest BCUT2D eigenvalue weighted by atomic mass is 16.7. The molecule has 0 aromatic carbocycles. The molecule has 0 saturated carbocycles. The van der Waals surface area contributed by atoms with E-state index in [0.717, 1.165) is 25.2 Å². The van der Waals surface area contributed by atoms with Gasteiger partial charge in [0.05, 0.1) is 25.0 Å². The van der Waals surface area contributed by atoms with Gasteiger partial charge >= 0.3 is 0 Å². The van der Waals surface area contributed by atoms with Crippen LogP contribution >= 0.6 is 0 Å². The maximum absolute atomic E-state index is 5.60. The average molecular weight is 227 g/mol. The third kappa shape index (κ3) is 2.74. The minimum Gasteiger partial charge on any atom is -0.389 e. The van der Waals surface area contributed by atoms with Crippen LogP contribution in [0.2, 0.25) is 0 Å². The quantitative estimate of drug-likeness (QED) is 0.674. The Morgan fingerprint density at radius 3 is 3.19 bits per heavy atom. The van der Waals surface area contributed by atoms with E-state index < -0.39 is 0 Å². The van der Waals surface area contributed by atoms with Crippen molar-refractivity contribution in [3.05, 3.63) is 0 Å². The summed E-state index contributed by atoms with van der Waals surface area (Å²) in [5.41, 5.74) is 1.06. The molecule has 0 spiro atoms. The molecule has 1 saturated heterocycles. The van der Waals surface area contributed by atoms with Crippen molar-refractivity contribution in [2.75, 3.05) is 19.8 Å². The number of fused-ring (bicyclic) bond motifs is 1. The summed E-state index contributed by atoms with van der Waals surface area (Å²) in [6, 6.07) is 0. The van der Waals surface area contributed by atoms with Gasteiger partial charge in [-0.3, -0.25) is 0 Å². The van der Waals surface area contributed by atoms with Gasteiger partial charge in [0.1, 0.15) is 0 Å². The number of oxime groups is 1. The Hall–Kier alpha value is -0.610. The lowest BCUT2D eigenvalue weighted by Crippen LogP contribution is -2.37. The Kier molecular flexibility index (Phi) is 4.18. The molecule has 0 N–H and O–H groups in total. The van der Waals surface area contributed by atoms with E-state index >= 15 is 0 Å². The average Bonchev–Trinajstić information content (AvgIpc) is 2.67. The molecular formula is C12H21NO3. The summed E-state index contributed by atoms with van der Waals surface area (Å²) in [7, 11) is 0. The van der Waals surface area contributed by atoms with Gasteiger partial charge in [0.25, 0.3) is 0 Å². The van der Waals surface area contributed by atoms with Crippen LogP contribution in [0.5, 0.6) is 0 Å². The van der Waals surface area contributed by atoms with E-state index in [-0.39, 0.29) is 6.10 Å². The van der Waals surface area contributed by atoms with Crippen LogP contribution in [0.15, 0.2) is 5.16 Å². The lowest BCUT2D eigenvalue weighted by Gasteiger charge is -2.26. The molecule has 16 heavy (non-hydrogen) atoms. The van der Waals surface area contributed by atoms with Crippen LogP contribution in [0, 0.1) is 5.92 Å². The molecule has 0 radical (unpaired) electrons. The SMILES string of the molecule is CCCCOC[C@H]1ON=C2CO[C@@H](C)C[C@H]21. The summed E-state index contributed by atoms with van der Waals surface area (Å²) in [6.07, 6.45) is 3.70. The van der Waals surface area contributed by atoms with E-state index in [1.807, 2.05) is 0 Å². The molecule has 92 valence electrons. The van der Waals surface area contributed by atoms with Crippen molar-refractivity contribution in [3.63, 3.8) is 0 Å². The van der Waals surface area contributed by atoms with Crippen molar-refractivity contribution < 1.29 is 14.3 Å². The number of rotatable bonds is 5.